The molecule has 1 aromatic carbocycles. The standard InChI is InChI=1S/C23H37NO3SSi/c1-6-18-24(28(25,26)22-16-14-20(5)15-17-22)23-13-11-10-12-21(23)19-27-29(7-2,8-3)9-4/h6,12,14-17,23H,1,7-11,13,18-19H2,2-5H3. The minimum absolute atomic E-state index is 0.162. The Bertz CT molecular complexity index is 790. The smallest absolute Gasteiger partial charge is 0.243 e. The molecule has 0 aromatic heterocycles. The van der Waals surface area contributed by atoms with Crippen LogP contribution in [0.25, 0.3) is 0 Å². The zero-order chi connectivity index (χ0) is 21.5. The summed E-state index contributed by atoms with van der Waals surface area (Å²) in [4.78, 5) is 0.343. The van der Waals surface area contributed by atoms with Crippen LogP contribution in [-0.2, 0) is 14.4 Å². The molecule has 1 atom stereocenters. The van der Waals surface area contributed by atoms with Crippen molar-refractivity contribution in [1.82, 2.24) is 4.31 Å². The van der Waals surface area contributed by atoms with E-state index in [0.29, 0.717) is 18.0 Å². The van der Waals surface area contributed by atoms with Gasteiger partial charge in [0.1, 0.15) is 0 Å². The molecule has 0 heterocycles. The third-order valence-electron chi connectivity index (χ3n) is 6.28. The lowest BCUT2D eigenvalue weighted by Crippen LogP contribution is -2.44. The first-order valence-corrected chi connectivity index (χ1v) is 14.8. The summed E-state index contributed by atoms with van der Waals surface area (Å²) >= 11 is 0. The van der Waals surface area contributed by atoms with Crippen molar-refractivity contribution in [3.8, 4) is 0 Å². The van der Waals surface area contributed by atoms with Gasteiger partial charge in [-0.15, -0.1) is 6.58 Å². The highest BCUT2D eigenvalue weighted by Crippen LogP contribution is 2.31. The largest absolute Gasteiger partial charge is 0.413 e. The molecule has 2 rings (SSSR count). The average molecular weight is 436 g/mol. The van der Waals surface area contributed by atoms with Crippen molar-refractivity contribution >= 4 is 18.3 Å². The fourth-order valence-electron chi connectivity index (χ4n) is 4.06. The zero-order valence-corrected chi connectivity index (χ0v) is 20.3. The van der Waals surface area contributed by atoms with Gasteiger partial charge in [-0.2, -0.15) is 4.31 Å². The van der Waals surface area contributed by atoms with Crippen LogP contribution >= 0.6 is 0 Å². The van der Waals surface area contributed by atoms with E-state index in [1.165, 1.54) is 0 Å². The van der Waals surface area contributed by atoms with Gasteiger partial charge in [0.05, 0.1) is 11.5 Å². The van der Waals surface area contributed by atoms with Crippen molar-refractivity contribution in [2.24, 2.45) is 0 Å². The summed E-state index contributed by atoms with van der Waals surface area (Å²) in [5.74, 6) is 0. The van der Waals surface area contributed by atoms with Crippen molar-refractivity contribution in [2.75, 3.05) is 13.2 Å². The van der Waals surface area contributed by atoms with E-state index in [1.807, 2.05) is 19.1 Å². The Hall–Kier alpha value is -1.21. The van der Waals surface area contributed by atoms with Crippen molar-refractivity contribution in [3.63, 3.8) is 0 Å². The molecular weight excluding hydrogens is 398 g/mol. The van der Waals surface area contributed by atoms with Crippen LogP contribution in [0.1, 0.15) is 45.6 Å². The van der Waals surface area contributed by atoms with Crippen LogP contribution in [-0.4, -0.2) is 40.2 Å². The highest BCUT2D eigenvalue weighted by atomic mass is 32.2. The van der Waals surface area contributed by atoms with Crippen molar-refractivity contribution in [1.29, 1.82) is 0 Å². The summed E-state index contributed by atoms with van der Waals surface area (Å²) in [6.07, 6.45) is 6.69. The fourth-order valence-corrected chi connectivity index (χ4v) is 8.28. The maximum atomic E-state index is 13.5. The minimum atomic E-state index is -3.61. The second kappa shape index (κ2) is 10.7. The first-order chi connectivity index (χ1) is 13.8. The number of allylic oxidation sites excluding steroid dienone is 1. The third-order valence-corrected chi connectivity index (χ3v) is 12.8. The maximum absolute atomic E-state index is 13.5. The molecule has 0 radical (unpaired) electrons. The molecule has 0 bridgehead atoms. The minimum Gasteiger partial charge on any atom is -0.413 e. The molecule has 0 saturated carbocycles. The van der Waals surface area contributed by atoms with Crippen LogP contribution in [0.2, 0.25) is 18.1 Å². The normalized spacial score (nSPS) is 18.0. The van der Waals surface area contributed by atoms with Crippen molar-refractivity contribution < 1.29 is 12.8 Å². The van der Waals surface area contributed by atoms with E-state index in [-0.39, 0.29) is 6.04 Å². The number of nitrogens with zero attached hydrogens (tertiary/aromatic N) is 1. The van der Waals surface area contributed by atoms with Gasteiger partial charge in [0.25, 0.3) is 0 Å². The van der Waals surface area contributed by atoms with Gasteiger partial charge in [0, 0.05) is 12.6 Å². The molecule has 29 heavy (non-hydrogen) atoms. The van der Waals surface area contributed by atoms with Gasteiger partial charge in [-0.25, -0.2) is 8.42 Å². The molecule has 6 heteroatoms. The van der Waals surface area contributed by atoms with Crippen LogP contribution in [0.5, 0.6) is 0 Å². The van der Waals surface area contributed by atoms with Crippen molar-refractivity contribution in [2.45, 2.75) is 76.0 Å². The highest BCUT2D eigenvalue weighted by molar-refractivity contribution is 7.89. The lowest BCUT2D eigenvalue weighted by molar-refractivity contribution is 0.280. The first-order valence-electron chi connectivity index (χ1n) is 10.9. The Morgan fingerprint density at radius 1 is 1.17 bits per heavy atom. The lowest BCUT2D eigenvalue weighted by Gasteiger charge is -2.36. The van der Waals surface area contributed by atoms with E-state index in [2.05, 4.69) is 33.4 Å². The molecule has 0 spiro atoms. The number of rotatable bonds is 11. The lowest BCUT2D eigenvalue weighted by atomic mass is 9.94. The quantitative estimate of drug-likeness (QED) is 0.332. The van der Waals surface area contributed by atoms with E-state index in [1.54, 1.807) is 22.5 Å². The summed E-state index contributed by atoms with van der Waals surface area (Å²) in [7, 11) is -5.34. The van der Waals surface area contributed by atoms with Gasteiger partial charge >= 0.3 is 0 Å². The number of hydrogen-bond donors (Lipinski definition) is 0. The maximum Gasteiger partial charge on any atom is 0.243 e. The number of benzene rings is 1. The van der Waals surface area contributed by atoms with E-state index < -0.39 is 18.3 Å². The monoisotopic (exact) mass is 435 g/mol. The molecule has 0 fully saturated rings. The van der Waals surface area contributed by atoms with Crippen LogP contribution in [0.15, 0.2) is 53.5 Å². The second-order valence-electron chi connectivity index (χ2n) is 7.93. The summed E-state index contributed by atoms with van der Waals surface area (Å²) in [5, 5.41) is 0. The van der Waals surface area contributed by atoms with Crippen LogP contribution in [0, 0.1) is 6.92 Å². The van der Waals surface area contributed by atoms with Gasteiger partial charge in [-0.3, -0.25) is 0 Å². The number of hydrogen-bond acceptors (Lipinski definition) is 3. The van der Waals surface area contributed by atoms with E-state index in [9.17, 15) is 8.42 Å². The Morgan fingerprint density at radius 2 is 1.79 bits per heavy atom. The summed E-state index contributed by atoms with van der Waals surface area (Å²) < 4.78 is 35.1. The van der Waals surface area contributed by atoms with Gasteiger partial charge < -0.3 is 4.43 Å². The topological polar surface area (TPSA) is 46.6 Å². The molecule has 0 saturated heterocycles. The SMILES string of the molecule is C=CCN(C1CCCC=C1CO[Si](CC)(CC)CC)S(=O)(=O)c1ccc(C)cc1. The predicted octanol–water partition coefficient (Wildman–Crippen LogP) is 5.67. The second-order valence-corrected chi connectivity index (χ2v) is 14.6. The van der Waals surface area contributed by atoms with Gasteiger partial charge in [-0.1, -0.05) is 50.6 Å². The highest BCUT2D eigenvalue weighted by Gasteiger charge is 2.35. The van der Waals surface area contributed by atoms with Crippen molar-refractivity contribution in [3.05, 3.63) is 54.1 Å². The molecule has 4 nitrogen and oxygen atoms in total. The molecule has 0 N–H and O–H groups in total. The Morgan fingerprint density at radius 3 is 2.34 bits per heavy atom. The number of sulfonamides is 1. The molecule has 1 aliphatic rings. The number of aryl methyl sites for hydroxylation is 1. The molecule has 0 amide bonds. The average Bonchev–Trinajstić information content (AvgIpc) is 2.74. The van der Waals surface area contributed by atoms with Crippen LogP contribution < -0.4 is 0 Å². The predicted molar refractivity (Wildman–Crippen MR) is 124 cm³/mol. The Labute approximate surface area is 178 Å². The van der Waals surface area contributed by atoms with Crippen LogP contribution in [0.3, 0.4) is 0 Å². The molecule has 1 aliphatic carbocycles. The first kappa shape index (κ1) is 24.1. The van der Waals surface area contributed by atoms with Gasteiger partial charge in [0.2, 0.25) is 10.0 Å². The third kappa shape index (κ3) is 5.69. The summed E-state index contributed by atoms with van der Waals surface area (Å²) in [6.45, 7) is 13.3. The Kier molecular flexibility index (Phi) is 8.88. The van der Waals surface area contributed by atoms with E-state index in [4.69, 9.17) is 4.43 Å². The Balaban J connectivity index is 2.32. The zero-order valence-electron chi connectivity index (χ0n) is 18.5. The van der Waals surface area contributed by atoms with Gasteiger partial charge in [0.15, 0.2) is 8.32 Å². The molecule has 162 valence electrons. The molecular formula is C23H37NO3SSi. The molecule has 1 aromatic rings. The van der Waals surface area contributed by atoms with E-state index >= 15 is 0 Å². The fraction of sp³-hybridized carbons (Fsp3) is 0.565. The molecule has 0 aliphatic heterocycles. The summed E-state index contributed by atoms with van der Waals surface area (Å²) in [5.41, 5.74) is 2.16. The van der Waals surface area contributed by atoms with Gasteiger partial charge in [-0.05, 0) is 62.0 Å². The molecule has 1 unspecified atom stereocenters. The van der Waals surface area contributed by atoms with E-state index in [0.717, 1.165) is 48.5 Å². The summed E-state index contributed by atoms with van der Waals surface area (Å²) in [6, 6.07) is 10.2. The van der Waals surface area contributed by atoms with Crippen LogP contribution in [0.4, 0.5) is 0 Å².